The molecule has 2 unspecified atom stereocenters. The van der Waals surface area contributed by atoms with Crippen LogP contribution in [-0.4, -0.2) is 38.1 Å². The number of hydrogen-bond acceptors (Lipinski definition) is 3. The summed E-state index contributed by atoms with van der Waals surface area (Å²) in [4.78, 5) is 11.8. The maximum absolute atomic E-state index is 13.0. The zero-order chi connectivity index (χ0) is 15.5. The van der Waals surface area contributed by atoms with Crippen molar-refractivity contribution >= 4 is 5.91 Å². The SMILES string of the molecule is COC(CNC(=O)C1CC(F)(F)CN1)c1ccc(F)cc1. The number of carbonyl (C=O) groups excluding carboxylic acids is 1. The summed E-state index contributed by atoms with van der Waals surface area (Å²) in [6, 6.07) is 4.80. The van der Waals surface area contributed by atoms with Crippen LogP contribution in [0.3, 0.4) is 0 Å². The van der Waals surface area contributed by atoms with Gasteiger partial charge in [0.15, 0.2) is 0 Å². The van der Waals surface area contributed by atoms with Gasteiger partial charge >= 0.3 is 0 Å². The van der Waals surface area contributed by atoms with Crippen LogP contribution in [-0.2, 0) is 9.53 Å². The molecule has 1 saturated heterocycles. The third kappa shape index (κ3) is 4.18. The molecule has 1 fully saturated rings. The van der Waals surface area contributed by atoms with E-state index in [0.717, 1.165) is 0 Å². The van der Waals surface area contributed by atoms with Gasteiger partial charge in [-0.3, -0.25) is 10.1 Å². The van der Waals surface area contributed by atoms with E-state index in [1.165, 1.54) is 19.2 Å². The fourth-order valence-corrected chi connectivity index (χ4v) is 2.23. The molecule has 2 N–H and O–H groups in total. The number of methoxy groups -OCH3 is 1. The lowest BCUT2D eigenvalue weighted by Gasteiger charge is -2.18. The molecule has 1 aliphatic rings. The molecule has 1 amide bonds. The monoisotopic (exact) mass is 302 g/mol. The summed E-state index contributed by atoms with van der Waals surface area (Å²) in [5, 5.41) is 5.06. The quantitative estimate of drug-likeness (QED) is 0.869. The number of carbonyl (C=O) groups is 1. The maximum Gasteiger partial charge on any atom is 0.262 e. The minimum absolute atomic E-state index is 0.130. The highest BCUT2D eigenvalue weighted by Gasteiger charge is 2.42. The molecule has 2 rings (SSSR count). The first-order valence-corrected chi connectivity index (χ1v) is 6.58. The Morgan fingerprint density at radius 1 is 1.48 bits per heavy atom. The van der Waals surface area contributed by atoms with Crippen molar-refractivity contribution in [1.29, 1.82) is 0 Å². The molecule has 0 radical (unpaired) electrons. The molecule has 0 bridgehead atoms. The normalized spacial score (nSPS) is 22.0. The van der Waals surface area contributed by atoms with Crippen LogP contribution in [0.25, 0.3) is 0 Å². The van der Waals surface area contributed by atoms with E-state index in [9.17, 15) is 18.0 Å². The van der Waals surface area contributed by atoms with Crippen molar-refractivity contribution in [2.24, 2.45) is 0 Å². The lowest BCUT2D eigenvalue weighted by atomic mass is 10.1. The van der Waals surface area contributed by atoms with E-state index in [1.54, 1.807) is 12.1 Å². The van der Waals surface area contributed by atoms with Gasteiger partial charge in [0.2, 0.25) is 5.91 Å². The number of halogens is 3. The Morgan fingerprint density at radius 3 is 2.67 bits per heavy atom. The summed E-state index contributed by atoms with van der Waals surface area (Å²) < 4.78 is 44.1. The molecular weight excluding hydrogens is 285 g/mol. The number of ether oxygens (including phenoxy) is 1. The number of alkyl halides is 2. The molecule has 2 atom stereocenters. The predicted octanol–water partition coefficient (Wildman–Crippen LogP) is 1.63. The van der Waals surface area contributed by atoms with Crippen LogP contribution in [0.1, 0.15) is 18.1 Å². The van der Waals surface area contributed by atoms with Gasteiger partial charge in [-0.2, -0.15) is 0 Å². The minimum Gasteiger partial charge on any atom is -0.375 e. The number of benzene rings is 1. The van der Waals surface area contributed by atoms with E-state index in [0.29, 0.717) is 5.56 Å². The third-order valence-corrected chi connectivity index (χ3v) is 3.41. The van der Waals surface area contributed by atoms with Gasteiger partial charge in [-0.25, -0.2) is 13.2 Å². The van der Waals surface area contributed by atoms with Crippen molar-refractivity contribution in [2.45, 2.75) is 24.5 Å². The molecule has 21 heavy (non-hydrogen) atoms. The fourth-order valence-electron chi connectivity index (χ4n) is 2.23. The summed E-state index contributed by atoms with van der Waals surface area (Å²) >= 11 is 0. The van der Waals surface area contributed by atoms with Gasteiger partial charge in [-0.15, -0.1) is 0 Å². The van der Waals surface area contributed by atoms with E-state index in [2.05, 4.69) is 10.6 Å². The van der Waals surface area contributed by atoms with E-state index < -0.39 is 36.9 Å². The molecule has 1 aromatic rings. The summed E-state index contributed by atoms with van der Waals surface area (Å²) in [5.41, 5.74) is 0.698. The Balaban J connectivity index is 1.88. The molecule has 0 aromatic heterocycles. The highest BCUT2D eigenvalue weighted by Crippen LogP contribution is 2.25. The van der Waals surface area contributed by atoms with Gasteiger partial charge in [0.05, 0.1) is 18.7 Å². The van der Waals surface area contributed by atoms with Gasteiger partial charge in [0.1, 0.15) is 5.82 Å². The molecule has 0 saturated carbocycles. The highest BCUT2D eigenvalue weighted by molar-refractivity contribution is 5.82. The second-order valence-electron chi connectivity index (χ2n) is 5.01. The molecule has 0 spiro atoms. The van der Waals surface area contributed by atoms with Gasteiger partial charge in [0.25, 0.3) is 5.92 Å². The van der Waals surface area contributed by atoms with Gasteiger partial charge in [0, 0.05) is 20.1 Å². The topological polar surface area (TPSA) is 50.4 Å². The molecule has 116 valence electrons. The molecule has 1 aromatic carbocycles. The summed E-state index contributed by atoms with van der Waals surface area (Å²) in [7, 11) is 1.46. The maximum atomic E-state index is 13.0. The minimum atomic E-state index is -2.85. The lowest BCUT2D eigenvalue weighted by molar-refractivity contribution is -0.124. The molecule has 0 aliphatic carbocycles. The Kier molecular flexibility index (Phi) is 4.84. The molecule has 1 aliphatic heterocycles. The van der Waals surface area contributed by atoms with Gasteiger partial charge in [-0.1, -0.05) is 12.1 Å². The van der Waals surface area contributed by atoms with Gasteiger partial charge < -0.3 is 10.1 Å². The molecule has 4 nitrogen and oxygen atoms in total. The van der Waals surface area contributed by atoms with Crippen molar-refractivity contribution in [2.75, 3.05) is 20.2 Å². The van der Waals surface area contributed by atoms with Crippen LogP contribution < -0.4 is 10.6 Å². The summed E-state index contributed by atoms with van der Waals surface area (Å²) in [6.07, 6.45) is -0.969. The number of nitrogens with one attached hydrogen (secondary N) is 2. The van der Waals surface area contributed by atoms with Crippen molar-refractivity contribution < 1.29 is 22.7 Å². The number of amides is 1. The van der Waals surface area contributed by atoms with Crippen LogP contribution in [0, 0.1) is 5.82 Å². The first kappa shape index (κ1) is 15.8. The first-order chi connectivity index (χ1) is 9.91. The van der Waals surface area contributed by atoms with Crippen molar-refractivity contribution in [3.63, 3.8) is 0 Å². The standard InChI is InChI=1S/C14H17F3N2O2/c1-21-12(9-2-4-10(15)5-3-9)7-18-13(20)11-6-14(16,17)8-19-11/h2-5,11-12,19H,6-8H2,1H3,(H,18,20). The summed E-state index contributed by atoms with van der Waals surface area (Å²) in [5.74, 6) is -3.70. The van der Waals surface area contributed by atoms with Crippen LogP contribution in [0.15, 0.2) is 24.3 Å². The fraction of sp³-hybridized carbons (Fsp3) is 0.500. The third-order valence-electron chi connectivity index (χ3n) is 3.41. The lowest BCUT2D eigenvalue weighted by Crippen LogP contribution is -2.42. The molecule has 7 heteroatoms. The van der Waals surface area contributed by atoms with Crippen LogP contribution in [0.5, 0.6) is 0 Å². The first-order valence-electron chi connectivity index (χ1n) is 6.58. The number of hydrogen-bond donors (Lipinski definition) is 2. The van der Waals surface area contributed by atoms with E-state index in [4.69, 9.17) is 4.74 Å². The van der Waals surface area contributed by atoms with Crippen molar-refractivity contribution in [3.05, 3.63) is 35.6 Å². The Hall–Kier alpha value is -1.60. The molecule has 1 heterocycles. The van der Waals surface area contributed by atoms with Crippen molar-refractivity contribution in [3.8, 4) is 0 Å². The largest absolute Gasteiger partial charge is 0.375 e. The molecular formula is C14H17F3N2O2. The Morgan fingerprint density at radius 2 is 2.14 bits per heavy atom. The average molecular weight is 302 g/mol. The van der Waals surface area contributed by atoms with E-state index in [1.807, 2.05) is 0 Å². The van der Waals surface area contributed by atoms with E-state index >= 15 is 0 Å². The highest BCUT2D eigenvalue weighted by atomic mass is 19.3. The zero-order valence-electron chi connectivity index (χ0n) is 11.5. The second kappa shape index (κ2) is 6.44. The van der Waals surface area contributed by atoms with Crippen LogP contribution in [0.2, 0.25) is 0 Å². The number of rotatable bonds is 5. The smallest absolute Gasteiger partial charge is 0.262 e. The summed E-state index contributed by atoms with van der Waals surface area (Å²) in [6.45, 7) is -0.360. The van der Waals surface area contributed by atoms with Gasteiger partial charge in [-0.05, 0) is 17.7 Å². The van der Waals surface area contributed by atoms with Crippen molar-refractivity contribution in [1.82, 2.24) is 10.6 Å². The van der Waals surface area contributed by atoms with Crippen LogP contribution >= 0.6 is 0 Å². The Bertz CT molecular complexity index is 493. The zero-order valence-corrected chi connectivity index (χ0v) is 11.5. The predicted molar refractivity (Wildman–Crippen MR) is 70.5 cm³/mol. The average Bonchev–Trinajstić information content (AvgIpc) is 2.81. The van der Waals surface area contributed by atoms with Crippen LogP contribution in [0.4, 0.5) is 13.2 Å². The Labute approximate surface area is 120 Å². The second-order valence-corrected chi connectivity index (χ2v) is 5.01. The van der Waals surface area contributed by atoms with E-state index in [-0.39, 0.29) is 12.4 Å².